The highest BCUT2D eigenvalue weighted by atomic mass is 16.7. The van der Waals surface area contributed by atoms with Gasteiger partial charge in [0.1, 0.15) is 6.54 Å². The predicted molar refractivity (Wildman–Crippen MR) is 73.8 cm³/mol. The zero-order valence-electron chi connectivity index (χ0n) is 10.9. The van der Waals surface area contributed by atoms with E-state index in [0.717, 1.165) is 23.6 Å². The van der Waals surface area contributed by atoms with Crippen LogP contribution < -0.4 is 14.0 Å². The second-order valence-corrected chi connectivity index (χ2v) is 4.36. The summed E-state index contributed by atoms with van der Waals surface area (Å²) in [5, 5.41) is 0. The molecule has 1 aromatic carbocycles. The van der Waals surface area contributed by atoms with Crippen LogP contribution >= 0.6 is 0 Å². The van der Waals surface area contributed by atoms with E-state index in [2.05, 4.69) is 35.9 Å². The minimum absolute atomic E-state index is 0.316. The van der Waals surface area contributed by atoms with Gasteiger partial charge in [0, 0.05) is 18.2 Å². The third kappa shape index (κ3) is 2.45. The van der Waals surface area contributed by atoms with E-state index in [1.165, 1.54) is 5.69 Å². The maximum atomic E-state index is 5.37. The number of aryl methyl sites for hydroxylation is 1. The van der Waals surface area contributed by atoms with Crippen molar-refractivity contribution in [3.63, 3.8) is 0 Å². The van der Waals surface area contributed by atoms with Crippen molar-refractivity contribution in [2.45, 2.75) is 13.5 Å². The summed E-state index contributed by atoms with van der Waals surface area (Å²) in [4.78, 5) is 0. The zero-order valence-corrected chi connectivity index (χ0v) is 10.9. The average molecular weight is 254 g/mol. The van der Waals surface area contributed by atoms with Crippen LogP contribution in [-0.2, 0) is 6.54 Å². The van der Waals surface area contributed by atoms with Gasteiger partial charge >= 0.3 is 0 Å². The standard InChI is InChI=1S/C16H16NO2/c1-2-17-10-4-3-5-14(17)8-6-13-7-9-15-16(11-13)19-12-18-15/h3-11H,2,12H2,1H3/q+1. The van der Waals surface area contributed by atoms with Crippen molar-refractivity contribution in [3.8, 4) is 11.5 Å². The van der Waals surface area contributed by atoms with Gasteiger partial charge in [0.25, 0.3) is 0 Å². The van der Waals surface area contributed by atoms with Crippen molar-refractivity contribution in [1.29, 1.82) is 0 Å². The van der Waals surface area contributed by atoms with E-state index in [4.69, 9.17) is 9.47 Å². The molecule has 3 heteroatoms. The Morgan fingerprint density at radius 3 is 2.89 bits per heavy atom. The highest BCUT2D eigenvalue weighted by Gasteiger charge is 2.12. The number of nitrogens with zero attached hydrogens (tertiary/aromatic N) is 1. The molecule has 19 heavy (non-hydrogen) atoms. The molecule has 0 saturated heterocycles. The minimum Gasteiger partial charge on any atom is -0.454 e. The largest absolute Gasteiger partial charge is 0.454 e. The molecule has 3 nitrogen and oxygen atoms in total. The Hall–Kier alpha value is -2.29. The minimum atomic E-state index is 0.316. The number of hydrogen-bond acceptors (Lipinski definition) is 2. The maximum Gasteiger partial charge on any atom is 0.231 e. The molecule has 0 N–H and O–H groups in total. The number of ether oxygens (including phenoxy) is 2. The normalized spacial score (nSPS) is 13.1. The van der Waals surface area contributed by atoms with Gasteiger partial charge in [0.15, 0.2) is 17.7 Å². The fourth-order valence-electron chi connectivity index (χ4n) is 2.13. The lowest BCUT2D eigenvalue weighted by Gasteiger charge is -1.98. The Labute approximate surface area is 112 Å². The van der Waals surface area contributed by atoms with Crippen LogP contribution in [0.1, 0.15) is 18.2 Å². The fourth-order valence-corrected chi connectivity index (χ4v) is 2.13. The third-order valence-electron chi connectivity index (χ3n) is 3.16. The predicted octanol–water partition coefficient (Wildman–Crippen LogP) is 2.89. The Morgan fingerprint density at radius 1 is 1.11 bits per heavy atom. The Kier molecular flexibility index (Phi) is 3.19. The van der Waals surface area contributed by atoms with Gasteiger partial charge in [-0.25, -0.2) is 0 Å². The number of pyridine rings is 1. The van der Waals surface area contributed by atoms with Crippen LogP contribution in [0.25, 0.3) is 12.2 Å². The van der Waals surface area contributed by atoms with Gasteiger partial charge in [-0.2, -0.15) is 4.57 Å². The second kappa shape index (κ2) is 5.14. The van der Waals surface area contributed by atoms with Gasteiger partial charge in [-0.3, -0.25) is 0 Å². The summed E-state index contributed by atoms with van der Waals surface area (Å²) in [5.41, 5.74) is 2.29. The highest BCUT2D eigenvalue weighted by Crippen LogP contribution is 2.32. The van der Waals surface area contributed by atoms with Crippen LogP contribution in [0.3, 0.4) is 0 Å². The molecule has 2 heterocycles. The van der Waals surface area contributed by atoms with E-state index >= 15 is 0 Å². The summed E-state index contributed by atoms with van der Waals surface area (Å²) >= 11 is 0. The van der Waals surface area contributed by atoms with Crippen LogP contribution in [-0.4, -0.2) is 6.79 Å². The van der Waals surface area contributed by atoms with Gasteiger partial charge in [-0.1, -0.05) is 6.07 Å². The maximum absolute atomic E-state index is 5.37. The Bertz CT molecular complexity index is 620. The molecular formula is C16H16NO2+. The van der Waals surface area contributed by atoms with Gasteiger partial charge in [-0.15, -0.1) is 0 Å². The average Bonchev–Trinajstić information content (AvgIpc) is 2.93. The van der Waals surface area contributed by atoms with E-state index in [9.17, 15) is 0 Å². The molecule has 96 valence electrons. The van der Waals surface area contributed by atoms with Crippen molar-refractivity contribution in [2.24, 2.45) is 0 Å². The number of hydrogen-bond donors (Lipinski definition) is 0. The number of benzene rings is 1. The molecule has 0 saturated carbocycles. The van der Waals surface area contributed by atoms with Gasteiger partial charge in [0.2, 0.25) is 12.5 Å². The number of fused-ring (bicyclic) bond motifs is 1. The zero-order chi connectivity index (χ0) is 13.1. The van der Waals surface area contributed by atoms with Gasteiger partial charge < -0.3 is 9.47 Å². The van der Waals surface area contributed by atoms with Crippen LogP contribution in [0.4, 0.5) is 0 Å². The summed E-state index contributed by atoms with van der Waals surface area (Å²) < 4.78 is 12.9. The first-order valence-electron chi connectivity index (χ1n) is 6.43. The molecule has 2 aromatic rings. The molecule has 0 aliphatic carbocycles. The summed E-state index contributed by atoms with van der Waals surface area (Å²) in [5.74, 6) is 1.64. The van der Waals surface area contributed by atoms with E-state index in [0.29, 0.717) is 6.79 Å². The SMILES string of the molecule is CC[n+]1ccccc1C=Cc1ccc2c(c1)OCO2. The molecule has 0 amide bonds. The number of aromatic nitrogens is 1. The lowest BCUT2D eigenvalue weighted by molar-refractivity contribution is -0.695. The molecule has 3 rings (SSSR count). The number of rotatable bonds is 3. The lowest BCUT2D eigenvalue weighted by Crippen LogP contribution is -2.34. The molecule has 0 radical (unpaired) electrons. The molecular weight excluding hydrogens is 238 g/mol. The van der Waals surface area contributed by atoms with Crippen molar-refractivity contribution < 1.29 is 14.0 Å². The molecule has 1 aliphatic rings. The molecule has 0 bridgehead atoms. The van der Waals surface area contributed by atoms with Crippen molar-refractivity contribution in [3.05, 3.63) is 53.9 Å². The van der Waals surface area contributed by atoms with Gasteiger partial charge in [0.05, 0.1) is 0 Å². The molecule has 1 aromatic heterocycles. The van der Waals surface area contributed by atoms with Crippen LogP contribution in [0.5, 0.6) is 11.5 Å². The molecule has 0 fully saturated rings. The smallest absolute Gasteiger partial charge is 0.231 e. The molecule has 0 atom stereocenters. The summed E-state index contributed by atoms with van der Waals surface area (Å²) in [7, 11) is 0. The Morgan fingerprint density at radius 2 is 2.00 bits per heavy atom. The van der Waals surface area contributed by atoms with Gasteiger partial charge in [-0.05, 0) is 36.8 Å². The van der Waals surface area contributed by atoms with E-state index in [1.54, 1.807) is 0 Å². The van der Waals surface area contributed by atoms with E-state index in [-0.39, 0.29) is 0 Å². The quantitative estimate of drug-likeness (QED) is 0.786. The van der Waals surface area contributed by atoms with Crippen LogP contribution in [0, 0.1) is 0 Å². The second-order valence-electron chi connectivity index (χ2n) is 4.36. The summed E-state index contributed by atoms with van der Waals surface area (Å²) in [6.45, 7) is 3.41. The molecule has 1 aliphatic heterocycles. The summed E-state index contributed by atoms with van der Waals surface area (Å²) in [6, 6.07) is 12.2. The van der Waals surface area contributed by atoms with Crippen LogP contribution in [0.15, 0.2) is 42.6 Å². The fraction of sp³-hybridized carbons (Fsp3) is 0.188. The van der Waals surface area contributed by atoms with Crippen LogP contribution in [0.2, 0.25) is 0 Å². The van der Waals surface area contributed by atoms with Crippen molar-refractivity contribution >= 4 is 12.2 Å². The highest BCUT2D eigenvalue weighted by molar-refractivity contribution is 5.68. The first-order chi connectivity index (χ1) is 9.36. The van der Waals surface area contributed by atoms with Crippen molar-refractivity contribution in [1.82, 2.24) is 0 Å². The molecule has 0 unspecified atom stereocenters. The topological polar surface area (TPSA) is 22.3 Å². The Balaban J connectivity index is 1.86. The summed E-state index contributed by atoms with van der Waals surface area (Å²) in [6.07, 6.45) is 6.28. The first-order valence-corrected chi connectivity index (χ1v) is 6.43. The first kappa shape index (κ1) is 11.8. The van der Waals surface area contributed by atoms with E-state index in [1.807, 2.05) is 30.3 Å². The third-order valence-corrected chi connectivity index (χ3v) is 3.16. The lowest BCUT2D eigenvalue weighted by atomic mass is 10.1. The van der Waals surface area contributed by atoms with Crippen molar-refractivity contribution in [2.75, 3.05) is 6.79 Å². The molecule has 0 spiro atoms. The van der Waals surface area contributed by atoms with E-state index < -0.39 is 0 Å². The monoisotopic (exact) mass is 254 g/mol.